The summed E-state index contributed by atoms with van der Waals surface area (Å²) in [7, 11) is 1.69. The highest BCUT2D eigenvalue weighted by molar-refractivity contribution is 5.96. The first-order valence-corrected chi connectivity index (χ1v) is 10.6. The summed E-state index contributed by atoms with van der Waals surface area (Å²) in [5.41, 5.74) is 5.24. The second-order valence-electron chi connectivity index (χ2n) is 7.72. The number of rotatable bonds is 4. The number of carboxylic acid groups (broad SMARTS) is 1. The average Bonchev–Trinajstić information content (AvgIpc) is 3.51. The van der Waals surface area contributed by atoms with Crippen LogP contribution < -0.4 is 15.0 Å². The fraction of sp³-hybridized carbons (Fsp3) is 0.292. The molecule has 2 N–H and O–H groups in total. The van der Waals surface area contributed by atoms with Gasteiger partial charge in [-0.15, -0.1) is 0 Å². The highest BCUT2D eigenvalue weighted by Gasteiger charge is 2.31. The van der Waals surface area contributed by atoms with E-state index in [1.807, 2.05) is 30.5 Å². The van der Waals surface area contributed by atoms with Gasteiger partial charge in [0, 0.05) is 67.2 Å². The minimum absolute atomic E-state index is 0.0193. The molecule has 166 valence electrons. The van der Waals surface area contributed by atoms with Crippen LogP contribution in [0.3, 0.4) is 0 Å². The Morgan fingerprint density at radius 3 is 2.59 bits per heavy atom. The summed E-state index contributed by atoms with van der Waals surface area (Å²) in [6.45, 7) is 1.83. The number of pyridine rings is 1. The number of carbonyl (C=O) groups is 2. The summed E-state index contributed by atoms with van der Waals surface area (Å²) < 4.78 is 7.82. The first kappa shape index (κ1) is 21.4. The molecule has 0 spiro atoms. The molecule has 1 atom stereocenters. The lowest BCUT2D eigenvalue weighted by Crippen LogP contribution is -2.26. The van der Waals surface area contributed by atoms with E-state index < -0.39 is 0 Å². The van der Waals surface area contributed by atoms with Gasteiger partial charge in [0.05, 0.1) is 12.8 Å². The summed E-state index contributed by atoms with van der Waals surface area (Å²) in [6, 6.07) is 12.3. The number of amides is 1. The number of hydrogen-bond donors (Lipinski definition) is 2. The maximum absolute atomic E-state index is 12.5. The number of ether oxygens (including phenoxy) is 1. The fourth-order valence-electron chi connectivity index (χ4n) is 4.53. The Morgan fingerprint density at radius 2 is 1.91 bits per heavy atom. The third kappa shape index (κ3) is 4.16. The number of fused-ring (bicyclic) bond motifs is 1. The Hall–Kier alpha value is -3.81. The highest BCUT2D eigenvalue weighted by Crippen LogP contribution is 2.44. The summed E-state index contributed by atoms with van der Waals surface area (Å²) in [4.78, 5) is 27.4. The zero-order valence-corrected chi connectivity index (χ0v) is 17.9. The standard InChI is InChI=1S/C23H24N4O2.CH2O2/c1-29-22-15-19-17(13-21(22)26-10-2-3-11-26)18(14-23(28)25-19)20-5-4-12-27(20)16-6-8-24-9-7-16;2-1-3/h4-9,12-13,15,18H,2-3,10-11,14H2,1H3,(H,25,28);1H,(H,2,3). The fourth-order valence-corrected chi connectivity index (χ4v) is 4.53. The van der Waals surface area contributed by atoms with Crippen molar-refractivity contribution >= 4 is 23.8 Å². The van der Waals surface area contributed by atoms with E-state index >= 15 is 0 Å². The predicted molar refractivity (Wildman–Crippen MR) is 122 cm³/mol. The molecule has 0 bridgehead atoms. The molecule has 1 aromatic carbocycles. The van der Waals surface area contributed by atoms with Gasteiger partial charge in [-0.3, -0.25) is 14.6 Å². The molecule has 1 saturated heterocycles. The topological polar surface area (TPSA) is 96.7 Å². The number of nitrogens with zero attached hydrogens (tertiary/aromatic N) is 3. The maximum atomic E-state index is 12.5. The largest absolute Gasteiger partial charge is 0.495 e. The molecule has 32 heavy (non-hydrogen) atoms. The van der Waals surface area contributed by atoms with Crippen LogP contribution in [-0.4, -0.2) is 47.2 Å². The lowest BCUT2D eigenvalue weighted by molar-refractivity contribution is -0.123. The van der Waals surface area contributed by atoms with Crippen LogP contribution >= 0.6 is 0 Å². The molecule has 2 aliphatic heterocycles. The molecule has 1 unspecified atom stereocenters. The molecule has 8 heteroatoms. The lowest BCUT2D eigenvalue weighted by Gasteiger charge is -2.30. The lowest BCUT2D eigenvalue weighted by atomic mass is 9.87. The van der Waals surface area contributed by atoms with E-state index in [4.69, 9.17) is 14.6 Å². The van der Waals surface area contributed by atoms with Crippen LogP contribution in [0.15, 0.2) is 55.0 Å². The Morgan fingerprint density at radius 1 is 1.19 bits per heavy atom. The average molecular weight is 434 g/mol. The van der Waals surface area contributed by atoms with Crippen LogP contribution in [0.2, 0.25) is 0 Å². The van der Waals surface area contributed by atoms with Crippen molar-refractivity contribution in [3.8, 4) is 11.4 Å². The molecule has 0 radical (unpaired) electrons. The molecule has 2 aromatic heterocycles. The van der Waals surface area contributed by atoms with E-state index in [1.54, 1.807) is 19.5 Å². The quantitative estimate of drug-likeness (QED) is 0.609. The second kappa shape index (κ2) is 9.55. The summed E-state index contributed by atoms with van der Waals surface area (Å²) >= 11 is 0. The summed E-state index contributed by atoms with van der Waals surface area (Å²) in [6.07, 6.45) is 8.44. The molecular formula is C24H26N4O4. The molecule has 0 aliphatic carbocycles. The number of carbonyl (C=O) groups excluding carboxylic acids is 1. The van der Waals surface area contributed by atoms with E-state index in [0.29, 0.717) is 6.42 Å². The van der Waals surface area contributed by atoms with E-state index in [1.165, 1.54) is 12.8 Å². The van der Waals surface area contributed by atoms with E-state index in [-0.39, 0.29) is 18.3 Å². The zero-order chi connectivity index (χ0) is 22.5. The van der Waals surface area contributed by atoms with Crippen LogP contribution in [-0.2, 0) is 9.59 Å². The Bertz CT molecular complexity index is 1090. The van der Waals surface area contributed by atoms with Gasteiger partial charge in [0.25, 0.3) is 6.47 Å². The molecular weight excluding hydrogens is 408 g/mol. The van der Waals surface area contributed by atoms with Gasteiger partial charge < -0.3 is 24.6 Å². The van der Waals surface area contributed by atoms with Crippen molar-refractivity contribution in [2.24, 2.45) is 0 Å². The normalized spacial score (nSPS) is 17.1. The molecule has 4 heterocycles. The van der Waals surface area contributed by atoms with E-state index in [0.717, 1.165) is 47.2 Å². The number of nitrogens with one attached hydrogen (secondary N) is 1. The van der Waals surface area contributed by atoms with E-state index in [2.05, 4.69) is 31.9 Å². The highest BCUT2D eigenvalue weighted by atomic mass is 16.5. The third-order valence-corrected chi connectivity index (χ3v) is 5.92. The first-order chi connectivity index (χ1) is 15.7. The molecule has 2 aliphatic rings. The maximum Gasteiger partial charge on any atom is 0.290 e. The van der Waals surface area contributed by atoms with Crippen molar-refractivity contribution in [2.75, 3.05) is 30.4 Å². The second-order valence-corrected chi connectivity index (χ2v) is 7.72. The molecule has 0 saturated carbocycles. The number of anilines is 2. The third-order valence-electron chi connectivity index (χ3n) is 5.92. The van der Waals surface area contributed by atoms with Gasteiger partial charge in [0.1, 0.15) is 5.75 Å². The van der Waals surface area contributed by atoms with E-state index in [9.17, 15) is 4.79 Å². The van der Waals surface area contributed by atoms with Crippen molar-refractivity contribution in [1.29, 1.82) is 0 Å². The van der Waals surface area contributed by atoms with Crippen molar-refractivity contribution in [1.82, 2.24) is 9.55 Å². The van der Waals surface area contributed by atoms with Crippen molar-refractivity contribution in [3.63, 3.8) is 0 Å². The number of benzene rings is 1. The number of hydrogen-bond acceptors (Lipinski definition) is 5. The molecule has 1 fully saturated rings. The van der Waals surface area contributed by atoms with Crippen LogP contribution in [0.25, 0.3) is 5.69 Å². The summed E-state index contributed by atoms with van der Waals surface area (Å²) in [5.74, 6) is 0.825. The molecule has 5 rings (SSSR count). The smallest absolute Gasteiger partial charge is 0.290 e. The van der Waals surface area contributed by atoms with Crippen molar-refractivity contribution in [3.05, 3.63) is 66.2 Å². The number of methoxy groups -OCH3 is 1. The first-order valence-electron chi connectivity index (χ1n) is 10.6. The SMILES string of the molecule is COc1cc2c(cc1N1CCCC1)C(c1cccn1-c1ccncc1)CC(=O)N2.O=CO. The van der Waals surface area contributed by atoms with Gasteiger partial charge in [-0.2, -0.15) is 0 Å². The number of aromatic nitrogens is 2. The van der Waals surface area contributed by atoms with Crippen molar-refractivity contribution in [2.45, 2.75) is 25.2 Å². The Balaban J connectivity index is 0.000000775. The minimum atomic E-state index is -0.250. The zero-order valence-electron chi connectivity index (χ0n) is 17.9. The molecule has 3 aromatic rings. The minimum Gasteiger partial charge on any atom is -0.495 e. The monoisotopic (exact) mass is 434 g/mol. The molecule has 1 amide bonds. The van der Waals surface area contributed by atoms with Crippen LogP contribution in [0, 0.1) is 0 Å². The van der Waals surface area contributed by atoms with Crippen LogP contribution in [0.4, 0.5) is 11.4 Å². The van der Waals surface area contributed by atoms with Gasteiger partial charge in [-0.1, -0.05) is 0 Å². The Kier molecular flexibility index (Phi) is 6.39. The van der Waals surface area contributed by atoms with Gasteiger partial charge in [0.15, 0.2) is 0 Å². The molecule has 8 nitrogen and oxygen atoms in total. The van der Waals surface area contributed by atoms with Gasteiger partial charge in [-0.25, -0.2) is 0 Å². The van der Waals surface area contributed by atoms with Gasteiger partial charge in [0.2, 0.25) is 5.91 Å². The van der Waals surface area contributed by atoms with Crippen LogP contribution in [0.1, 0.15) is 36.4 Å². The van der Waals surface area contributed by atoms with Crippen LogP contribution in [0.5, 0.6) is 5.75 Å². The Labute approximate surface area is 186 Å². The van der Waals surface area contributed by atoms with Gasteiger partial charge in [-0.05, 0) is 48.7 Å². The summed E-state index contributed by atoms with van der Waals surface area (Å²) in [5, 5.41) is 9.94. The van der Waals surface area contributed by atoms with Crippen molar-refractivity contribution < 1.29 is 19.4 Å². The van der Waals surface area contributed by atoms with Gasteiger partial charge >= 0.3 is 0 Å². The predicted octanol–water partition coefficient (Wildman–Crippen LogP) is 3.66.